The minimum absolute atomic E-state index is 0.146. The molecule has 0 saturated carbocycles. The van der Waals surface area contributed by atoms with Gasteiger partial charge in [0.15, 0.2) is 5.16 Å². The Labute approximate surface area is 159 Å². The van der Waals surface area contributed by atoms with Gasteiger partial charge >= 0.3 is 0 Å². The predicted octanol–water partition coefficient (Wildman–Crippen LogP) is 3.32. The Morgan fingerprint density at radius 3 is 2.62 bits per heavy atom. The van der Waals surface area contributed by atoms with Crippen LogP contribution in [0.4, 0.5) is 5.69 Å². The van der Waals surface area contributed by atoms with Crippen LogP contribution in [-0.4, -0.2) is 34.2 Å². The van der Waals surface area contributed by atoms with Crippen LogP contribution in [0.1, 0.15) is 10.4 Å². The lowest BCUT2D eigenvalue weighted by atomic mass is 10.2. The summed E-state index contributed by atoms with van der Waals surface area (Å²) in [4.78, 5) is 28.2. The van der Waals surface area contributed by atoms with E-state index in [9.17, 15) is 9.59 Å². The molecule has 0 fully saturated rings. The van der Waals surface area contributed by atoms with Gasteiger partial charge in [-0.3, -0.25) is 9.59 Å². The number of thioether (sulfide) groups is 1. The molecule has 0 atom stereocenters. The molecule has 0 unspecified atom stereocenters. The van der Waals surface area contributed by atoms with Crippen LogP contribution in [0.5, 0.6) is 0 Å². The van der Waals surface area contributed by atoms with Gasteiger partial charge in [0, 0.05) is 30.4 Å². The van der Waals surface area contributed by atoms with Crippen molar-refractivity contribution in [1.29, 1.82) is 0 Å². The fourth-order valence-electron chi connectivity index (χ4n) is 2.46. The highest BCUT2D eigenvalue weighted by molar-refractivity contribution is 7.99. The van der Waals surface area contributed by atoms with E-state index in [1.165, 1.54) is 11.8 Å². The predicted molar refractivity (Wildman–Crippen MR) is 105 cm³/mol. The van der Waals surface area contributed by atoms with E-state index in [4.69, 9.17) is 11.6 Å². The Balaban J connectivity index is 1.62. The molecule has 0 spiro atoms. The van der Waals surface area contributed by atoms with Crippen LogP contribution in [0.25, 0.3) is 11.0 Å². The summed E-state index contributed by atoms with van der Waals surface area (Å²) in [6, 6.07) is 12.2. The molecular weight excluding hydrogens is 372 g/mol. The molecule has 134 valence electrons. The molecule has 0 aliphatic carbocycles. The molecule has 0 aliphatic heterocycles. The van der Waals surface area contributed by atoms with Crippen LogP contribution in [0.2, 0.25) is 5.02 Å². The Bertz CT molecular complexity index is 969. The van der Waals surface area contributed by atoms with E-state index in [0.29, 0.717) is 16.3 Å². The molecule has 0 aliphatic rings. The number of carbonyl (C=O) groups excluding carboxylic acids is 2. The lowest BCUT2D eigenvalue weighted by molar-refractivity contribution is -0.113. The van der Waals surface area contributed by atoms with Crippen molar-refractivity contribution >= 4 is 51.9 Å². The van der Waals surface area contributed by atoms with Crippen molar-refractivity contribution in [2.75, 3.05) is 18.1 Å². The van der Waals surface area contributed by atoms with Crippen LogP contribution >= 0.6 is 23.4 Å². The summed E-state index contributed by atoms with van der Waals surface area (Å²) in [5.41, 5.74) is 2.94. The highest BCUT2D eigenvalue weighted by Crippen LogP contribution is 2.25. The van der Waals surface area contributed by atoms with E-state index in [1.54, 1.807) is 37.4 Å². The van der Waals surface area contributed by atoms with E-state index < -0.39 is 0 Å². The quantitative estimate of drug-likeness (QED) is 0.657. The van der Waals surface area contributed by atoms with Crippen LogP contribution in [0.15, 0.2) is 47.6 Å². The van der Waals surface area contributed by atoms with Gasteiger partial charge in [0.05, 0.1) is 16.8 Å². The number of hydrogen-bond acceptors (Lipinski definition) is 4. The number of fused-ring (bicyclic) bond motifs is 1. The maximum Gasteiger partial charge on any atom is 0.251 e. The number of aromatic nitrogens is 2. The minimum Gasteiger partial charge on any atom is -0.355 e. The number of nitrogens with zero attached hydrogens (tertiary/aromatic N) is 2. The number of anilines is 1. The summed E-state index contributed by atoms with van der Waals surface area (Å²) in [7, 11) is 3.48. The minimum atomic E-state index is -0.166. The third-order valence-corrected chi connectivity index (χ3v) is 5.06. The molecule has 3 rings (SSSR count). The summed E-state index contributed by atoms with van der Waals surface area (Å²) < 4.78 is 1.93. The summed E-state index contributed by atoms with van der Waals surface area (Å²) in [6.45, 7) is 0. The molecule has 1 aromatic heterocycles. The van der Waals surface area contributed by atoms with Crippen molar-refractivity contribution in [2.24, 2.45) is 7.05 Å². The molecule has 1 heterocycles. The molecule has 26 heavy (non-hydrogen) atoms. The number of hydrogen-bond donors (Lipinski definition) is 2. The van der Waals surface area contributed by atoms with Gasteiger partial charge in [-0.1, -0.05) is 23.4 Å². The van der Waals surface area contributed by atoms with Crippen molar-refractivity contribution in [2.45, 2.75) is 5.16 Å². The zero-order chi connectivity index (χ0) is 18.7. The number of aryl methyl sites for hydroxylation is 1. The molecule has 0 radical (unpaired) electrons. The number of rotatable bonds is 5. The highest BCUT2D eigenvalue weighted by atomic mass is 35.5. The number of amides is 2. The molecule has 2 aromatic carbocycles. The third kappa shape index (κ3) is 4.00. The van der Waals surface area contributed by atoms with Gasteiger partial charge in [-0.2, -0.15) is 0 Å². The average molecular weight is 389 g/mol. The molecule has 2 amide bonds. The van der Waals surface area contributed by atoms with E-state index in [2.05, 4.69) is 15.6 Å². The summed E-state index contributed by atoms with van der Waals surface area (Å²) >= 11 is 7.34. The first kappa shape index (κ1) is 18.3. The Morgan fingerprint density at radius 2 is 1.92 bits per heavy atom. The van der Waals surface area contributed by atoms with Crippen molar-refractivity contribution in [3.63, 3.8) is 0 Å². The second-order valence-electron chi connectivity index (χ2n) is 5.58. The molecule has 0 bridgehead atoms. The molecular formula is C18H17ClN4O2S. The topological polar surface area (TPSA) is 76.0 Å². The van der Waals surface area contributed by atoms with Crippen LogP contribution in [0.3, 0.4) is 0 Å². The van der Waals surface area contributed by atoms with Crippen LogP contribution in [-0.2, 0) is 11.8 Å². The monoisotopic (exact) mass is 388 g/mol. The zero-order valence-corrected chi connectivity index (χ0v) is 15.8. The van der Waals surface area contributed by atoms with Crippen molar-refractivity contribution in [3.8, 4) is 0 Å². The zero-order valence-electron chi connectivity index (χ0n) is 14.2. The number of halogens is 1. The highest BCUT2D eigenvalue weighted by Gasteiger charge is 2.11. The van der Waals surface area contributed by atoms with E-state index >= 15 is 0 Å². The van der Waals surface area contributed by atoms with Gasteiger partial charge in [0.1, 0.15) is 0 Å². The van der Waals surface area contributed by atoms with Crippen LogP contribution in [0, 0.1) is 0 Å². The van der Waals surface area contributed by atoms with Gasteiger partial charge in [-0.25, -0.2) is 4.98 Å². The first-order valence-electron chi connectivity index (χ1n) is 7.84. The molecule has 6 nitrogen and oxygen atoms in total. The second kappa shape index (κ2) is 7.80. The first-order chi connectivity index (χ1) is 12.5. The molecule has 0 saturated heterocycles. The summed E-state index contributed by atoms with van der Waals surface area (Å²) in [5, 5.41) is 6.73. The molecule has 8 heteroatoms. The Hall–Kier alpha value is -2.51. The average Bonchev–Trinajstić information content (AvgIpc) is 2.95. The van der Waals surface area contributed by atoms with E-state index in [1.807, 2.05) is 23.7 Å². The Morgan fingerprint density at radius 1 is 1.19 bits per heavy atom. The number of benzene rings is 2. The van der Waals surface area contributed by atoms with Gasteiger partial charge in [-0.15, -0.1) is 0 Å². The van der Waals surface area contributed by atoms with Crippen molar-refractivity contribution in [1.82, 2.24) is 14.9 Å². The largest absolute Gasteiger partial charge is 0.355 e. The fourth-order valence-corrected chi connectivity index (χ4v) is 3.41. The number of carbonyl (C=O) groups is 2. The number of nitrogens with one attached hydrogen (secondary N) is 2. The van der Waals surface area contributed by atoms with Gasteiger partial charge in [-0.05, 0) is 42.5 Å². The third-order valence-electron chi connectivity index (χ3n) is 3.79. The smallest absolute Gasteiger partial charge is 0.251 e. The standard InChI is InChI=1S/C18H17ClN4O2S/c1-20-17(25)11-3-6-13(7-4-11)21-16(24)10-26-18-22-14-9-12(19)5-8-15(14)23(18)2/h3-9H,10H2,1-2H3,(H,20,25)(H,21,24). The first-order valence-corrected chi connectivity index (χ1v) is 9.21. The van der Waals surface area contributed by atoms with Crippen molar-refractivity contribution < 1.29 is 9.59 Å². The van der Waals surface area contributed by atoms with Gasteiger partial charge in [0.2, 0.25) is 5.91 Å². The lowest BCUT2D eigenvalue weighted by Crippen LogP contribution is -2.18. The van der Waals surface area contributed by atoms with Crippen LogP contribution < -0.4 is 10.6 Å². The number of imidazole rings is 1. The Kier molecular flexibility index (Phi) is 5.49. The van der Waals surface area contributed by atoms with E-state index in [0.717, 1.165) is 16.2 Å². The molecule has 3 aromatic rings. The maximum atomic E-state index is 12.2. The van der Waals surface area contributed by atoms with E-state index in [-0.39, 0.29) is 17.6 Å². The lowest BCUT2D eigenvalue weighted by Gasteiger charge is -2.06. The van der Waals surface area contributed by atoms with Crippen molar-refractivity contribution in [3.05, 3.63) is 53.1 Å². The fraction of sp³-hybridized carbons (Fsp3) is 0.167. The normalized spacial score (nSPS) is 10.7. The maximum absolute atomic E-state index is 12.2. The SMILES string of the molecule is CNC(=O)c1ccc(NC(=O)CSc2nc3cc(Cl)ccc3n2C)cc1. The van der Waals surface area contributed by atoms with Gasteiger partial charge in [0.25, 0.3) is 5.91 Å². The summed E-state index contributed by atoms with van der Waals surface area (Å²) in [5.74, 6) is -0.0876. The second-order valence-corrected chi connectivity index (χ2v) is 6.96. The molecule has 2 N–H and O–H groups in total. The summed E-state index contributed by atoms with van der Waals surface area (Å²) in [6.07, 6.45) is 0. The van der Waals surface area contributed by atoms with Gasteiger partial charge < -0.3 is 15.2 Å².